The number of nitrogens with one attached hydrogen (secondary N) is 2. The summed E-state index contributed by atoms with van der Waals surface area (Å²) in [4.78, 5) is 12.3. The lowest BCUT2D eigenvalue weighted by Crippen LogP contribution is -2.15. The molecular formula is C19H20N4O. The number of nitrogens with zero attached hydrogens (tertiary/aromatic N) is 1. The van der Waals surface area contributed by atoms with Crippen LogP contribution in [0.15, 0.2) is 48.2 Å². The Morgan fingerprint density at radius 3 is 2.42 bits per heavy atom. The smallest absolute Gasteiger partial charge is 0.267 e. The molecule has 0 unspecified atom stereocenters. The van der Waals surface area contributed by atoms with E-state index in [1.807, 2.05) is 57.2 Å². The van der Waals surface area contributed by atoms with E-state index in [9.17, 15) is 10.1 Å². The van der Waals surface area contributed by atoms with Crippen LogP contribution in [0.5, 0.6) is 0 Å². The molecule has 5 nitrogen and oxygen atoms in total. The van der Waals surface area contributed by atoms with Crippen LogP contribution in [0.1, 0.15) is 16.7 Å². The lowest BCUT2D eigenvalue weighted by Gasteiger charge is -2.10. The maximum atomic E-state index is 12.3. The quantitative estimate of drug-likeness (QED) is 0.455. The molecule has 2 aromatic rings. The number of carbonyl (C=O) groups excluding carboxylic acids is 1. The Labute approximate surface area is 141 Å². The molecule has 0 saturated heterocycles. The van der Waals surface area contributed by atoms with Crippen LogP contribution in [-0.2, 0) is 4.79 Å². The minimum absolute atomic E-state index is 0.0316. The van der Waals surface area contributed by atoms with E-state index in [0.29, 0.717) is 17.1 Å². The summed E-state index contributed by atoms with van der Waals surface area (Å²) in [5.41, 5.74) is 10.8. The van der Waals surface area contributed by atoms with Gasteiger partial charge < -0.3 is 16.4 Å². The van der Waals surface area contributed by atoms with E-state index in [1.54, 1.807) is 6.07 Å². The summed E-state index contributed by atoms with van der Waals surface area (Å²) in [6.45, 7) is 5.83. The van der Waals surface area contributed by atoms with Crippen molar-refractivity contribution in [3.05, 3.63) is 64.9 Å². The molecular weight excluding hydrogens is 300 g/mol. The molecule has 0 aliphatic rings. The first-order chi connectivity index (χ1) is 11.4. The standard InChI is InChI=1S/C19H20N4O/c1-12-5-7-17(14(3)8-12)23-19(24)15(10-20)11-22-18-9-13(2)4-6-16(18)21/h4-9,11,22H,21H2,1-3H3,(H,23,24)/b15-11-. The van der Waals surface area contributed by atoms with Gasteiger partial charge in [0.2, 0.25) is 0 Å². The maximum absolute atomic E-state index is 12.3. The average Bonchev–Trinajstić information content (AvgIpc) is 2.54. The maximum Gasteiger partial charge on any atom is 0.267 e. The number of nitrogen functional groups attached to an aromatic ring is 1. The molecule has 0 spiro atoms. The van der Waals surface area contributed by atoms with E-state index in [1.165, 1.54) is 6.20 Å². The van der Waals surface area contributed by atoms with Gasteiger partial charge in [-0.2, -0.15) is 5.26 Å². The van der Waals surface area contributed by atoms with E-state index in [-0.39, 0.29) is 5.57 Å². The lowest BCUT2D eigenvalue weighted by molar-refractivity contribution is -0.112. The highest BCUT2D eigenvalue weighted by molar-refractivity contribution is 6.07. The summed E-state index contributed by atoms with van der Waals surface area (Å²) < 4.78 is 0. The molecule has 24 heavy (non-hydrogen) atoms. The normalized spacial score (nSPS) is 10.8. The molecule has 0 aliphatic carbocycles. The number of amides is 1. The predicted molar refractivity (Wildman–Crippen MR) is 97.5 cm³/mol. The molecule has 0 aromatic heterocycles. The van der Waals surface area contributed by atoms with Crippen LogP contribution in [0, 0.1) is 32.1 Å². The fraction of sp³-hybridized carbons (Fsp3) is 0.158. The van der Waals surface area contributed by atoms with Crippen LogP contribution in [0.2, 0.25) is 0 Å². The average molecular weight is 320 g/mol. The van der Waals surface area contributed by atoms with Gasteiger partial charge in [0.15, 0.2) is 0 Å². The van der Waals surface area contributed by atoms with E-state index >= 15 is 0 Å². The molecule has 0 aliphatic heterocycles. The van der Waals surface area contributed by atoms with Gasteiger partial charge in [-0.25, -0.2) is 0 Å². The number of aryl methyl sites for hydroxylation is 3. The van der Waals surface area contributed by atoms with Crippen molar-refractivity contribution in [2.75, 3.05) is 16.4 Å². The van der Waals surface area contributed by atoms with Gasteiger partial charge in [0, 0.05) is 11.9 Å². The summed E-state index contributed by atoms with van der Waals surface area (Å²) in [7, 11) is 0. The minimum atomic E-state index is -0.469. The summed E-state index contributed by atoms with van der Waals surface area (Å²) >= 11 is 0. The number of rotatable bonds is 4. The molecule has 0 bridgehead atoms. The van der Waals surface area contributed by atoms with Gasteiger partial charge in [0.05, 0.1) is 11.4 Å². The second-order valence-corrected chi connectivity index (χ2v) is 5.68. The van der Waals surface area contributed by atoms with E-state index < -0.39 is 5.91 Å². The third-order valence-electron chi connectivity index (χ3n) is 3.58. The van der Waals surface area contributed by atoms with Crippen LogP contribution < -0.4 is 16.4 Å². The summed E-state index contributed by atoms with van der Waals surface area (Å²) in [5.74, 6) is -0.469. The highest BCUT2D eigenvalue weighted by atomic mass is 16.1. The van der Waals surface area contributed by atoms with E-state index in [2.05, 4.69) is 10.6 Å². The van der Waals surface area contributed by atoms with Crippen molar-refractivity contribution in [3.8, 4) is 6.07 Å². The number of nitriles is 1. The van der Waals surface area contributed by atoms with Gasteiger partial charge in [0.1, 0.15) is 11.6 Å². The first-order valence-electron chi connectivity index (χ1n) is 7.52. The van der Waals surface area contributed by atoms with Crippen molar-refractivity contribution in [1.82, 2.24) is 0 Å². The second-order valence-electron chi connectivity index (χ2n) is 5.68. The van der Waals surface area contributed by atoms with Gasteiger partial charge in [0.25, 0.3) is 5.91 Å². The zero-order valence-corrected chi connectivity index (χ0v) is 14.0. The second kappa shape index (κ2) is 7.34. The Bertz CT molecular complexity index is 847. The van der Waals surface area contributed by atoms with Crippen molar-refractivity contribution in [1.29, 1.82) is 5.26 Å². The molecule has 2 rings (SSSR count). The SMILES string of the molecule is Cc1ccc(NC(=O)/C(C#N)=C\Nc2cc(C)ccc2N)c(C)c1. The van der Waals surface area contributed by atoms with Gasteiger partial charge in [-0.3, -0.25) is 4.79 Å². The molecule has 0 radical (unpaired) electrons. The van der Waals surface area contributed by atoms with Gasteiger partial charge in [-0.05, 0) is 50.1 Å². The molecule has 5 heteroatoms. The first-order valence-corrected chi connectivity index (χ1v) is 7.52. The summed E-state index contributed by atoms with van der Waals surface area (Å²) in [6.07, 6.45) is 1.37. The Morgan fingerprint density at radius 1 is 1.08 bits per heavy atom. The summed E-state index contributed by atoms with van der Waals surface area (Å²) in [5, 5.41) is 14.9. The Morgan fingerprint density at radius 2 is 1.75 bits per heavy atom. The molecule has 2 aromatic carbocycles. The number of nitrogens with two attached hydrogens (primary N) is 1. The van der Waals surface area contributed by atoms with Crippen molar-refractivity contribution >= 4 is 23.0 Å². The number of anilines is 3. The van der Waals surface area contributed by atoms with E-state index in [0.717, 1.165) is 16.7 Å². The van der Waals surface area contributed by atoms with Gasteiger partial charge in [-0.15, -0.1) is 0 Å². The van der Waals surface area contributed by atoms with Crippen molar-refractivity contribution in [2.45, 2.75) is 20.8 Å². The first kappa shape index (κ1) is 17.1. The van der Waals surface area contributed by atoms with Crippen LogP contribution in [0.25, 0.3) is 0 Å². The fourth-order valence-electron chi connectivity index (χ4n) is 2.24. The third kappa shape index (κ3) is 4.14. The van der Waals surface area contributed by atoms with Crippen LogP contribution in [0.3, 0.4) is 0 Å². The lowest BCUT2D eigenvalue weighted by atomic mass is 10.1. The number of carbonyl (C=O) groups is 1. The fourth-order valence-corrected chi connectivity index (χ4v) is 2.24. The van der Waals surface area contributed by atoms with Crippen molar-refractivity contribution < 1.29 is 4.79 Å². The van der Waals surface area contributed by atoms with E-state index in [4.69, 9.17) is 5.73 Å². The molecule has 1 amide bonds. The third-order valence-corrected chi connectivity index (χ3v) is 3.58. The van der Waals surface area contributed by atoms with Gasteiger partial charge in [-0.1, -0.05) is 23.8 Å². The van der Waals surface area contributed by atoms with Crippen LogP contribution in [0.4, 0.5) is 17.1 Å². The molecule has 0 heterocycles. The molecule has 122 valence electrons. The monoisotopic (exact) mass is 320 g/mol. The Kier molecular flexibility index (Phi) is 5.23. The highest BCUT2D eigenvalue weighted by Gasteiger charge is 2.11. The highest BCUT2D eigenvalue weighted by Crippen LogP contribution is 2.20. The largest absolute Gasteiger partial charge is 0.397 e. The summed E-state index contributed by atoms with van der Waals surface area (Å²) in [6, 6.07) is 13.1. The number of hydrogen-bond donors (Lipinski definition) is 3. The van der Waals surface area contributed by atoms with Crippen molar-refractivity contribution in [2.24, 2.45) is 0 Å². The Balaban J connectivity index is 2.16. The van der Waals surface area contributed by atoms with Gasteiger partial charge >= 0.3 is 0 Å². The van der Waals surface area contributed by atoms with Crippen molar-refractivity contribution in [3.63, 3.8) is 0 Å². The molecule has 0 atom stereocenters. The topological polar surface area (TPSA) is 90.9 Å². The van der Waals surface area contributed by atoms with Crippen LogP contribution in [-0.4, -0.2) is 5.91 Å². The zero-order valence-electron chi connectivity index (χ0n) is 14.0. The number of hydrogen-bond acceptors (Lipinski definition) is 4. The predicted octanol–water partition coefficient (Wildman–Crippen LogP) is 3.65. The zero-order chi connectivity index (χ0) is 17.7. The molecule has 4 N–H and O–H groups in total. The molecule has 0 fully saturated rings. The number of benzene rings is 2. The van der Waals surface area contributed by atoms with Crippen LogP contribution >= 0.6 is 0 Å². The Hall–Kier alpha value is -3.26. The minimum Gasteiger partial charge on any atom is -0.397 e. The molecule has 0 saturated carbocycles.